The van der Waals surface area contributed by atoms with Crippen LogP contribution in [0.5, 0.6) is 0 Å². The highest BCUT2D eigenvalue weighted by molar-refractivity contribution is 7.91. The molecule has 6 rings (SSSR count). The Bertz CT molecular complexity index is 1540. The van der Waals surface area contributed by atoms with Gasteiger partial charge in [-0.05, 0) is 36.4 Å². The van der Waals surface area contributed by atoms with Gasteiger partial charge in [-0.15, -0.1) is 0 Å². The number of hydrogen-bond acceptors (Lipinski definition) is 9. The molecule has 2 unspecified atom stereocenters. The second-order valence-corrected chi connectivity index (χ2v) is 11.8. The molecule has 3 aromatic rings. The third kappa shape index (κ3) is 4.29. The normalized spacial score (nSPS) is 20.5. The molecule has 39 heavy (non-hydrogen) atoms. The first-order valence-electron chi connectivity index (χ1n) is 12.8. The van der Waals surface area contributed by atoms with Gasteiger partial charge in [-0.2, -0.15) is 0 Å². The van der Waals surface area contributed by atoms with Crippen molar-refractivity contribution in [3.8, 4) is 0 Å². The van der Waals surface area contributed by atoms with Gasteiger partial charge >= 0.3 is 0 Å². The highest BCUT2D eigenvalue weighted by atomic mass is 32.2. The number of nitrogens with one attached hydrogen (secondary N) is 1. The second-order valence-electron chi connectivity index (χ2n) is 9.89. The van der Waals surface area contributed by atoms with Gasteiger partial charge < -0.3 is 19.6 Å². The number of pyridine rings is 2. The third-order valence-electron chi connectivity index (χ3n) is 7.63. The van der Waals surface area contributed by atoms with Gasteiger partial charge in [-0.1, -0.05) is 18.2 Å². The Balaban J connectivity index is 1.39. The summed E-state index contributed by atoms with van der Waals surface area (Å²) in [5, 5.41) is -1.39. The maximum absolute atomic E-state index is 13.9. The summed E-state index contributed by atoms with van der Waals surface area (Å²) in [4.78, 5) is 42.4. The van der Waals surface area contributed by atoms with Gasteiger partial charge in [-0.3, -0.25) is 14.6 Å². The largest absolute Gasteiger partial charge is 0.353 e. The lowest BCUT2D eigenvalue weighted by Crippen LogP contribution is -2.60. The van der Waals surface area contributed by atoms with E-state index >= 15 is 0 Å². The van der Waals surface area contributed by atoms with Crippen molar-refractivity contribution >= 4 is 44.7 Å². The molecule has 202 valence electrons. The van der Waals surface area contributed by atoms with E-state index in [0.29, 0.717) is 43.5 Å². The number of piperazine rings is 1. The molecule has 1 fully saturated rings. The van der Waals surface area contributed by atoms with Crippen LogP contribution in [0.1, 0.15) is 23.0 Å². The zero-order valence-electron chi connectivity index (χ0n) is 21.7. The molecule has 1 aromatic carbocycles. The number of amides is 1. The van der Waals surface area contributed by atoms with Crippen LogP contribution in [0.15, 0.2) is 60.8 Å². The number of sulfonamides is 1. The number of anilines is 4. The van der Waals surface area contributed by atoms with E-state index in [0.717, 1.165) is 11.4 Å². The Hall–Kier alpha value is -4.03. The number of fused-ring (bicyclic) bond motifs is 5. The zero-order chi connectivity index (χ0) is 27.3. The number of nitrogens with zero attached hydrogens (tertiary/aromatic N) is 6. The molecule has 2 aromatic heterocycles. The molecule has 12 heteroatoms. The Kier molecular flexibility index (Phi) is 6.23. The Morgan fingerprint density at radius 1 is 1.00 bits per heavy atom. The Morgan fingerprint density at radius 2 is 1.72 bits per heavy atom. The van der Waals surface area contributed by atoms with Gasteiger partial charge in [0.25, 0.3) is 0 Å². The van der Waals surface area contributed by atoms with Gasteiger partial charge in [0, 0.05) is 46.3 Å². The van der Waals surface area contributed by atoms with Crippen LogP contribution in [0, 0.1) is 0 Å². The first-order valence-corrected chi connectivity index (χ1v) is 14.4. The standard InChI is InChI=1S/C27H29N7O4S/c1-18(35)32-13-15-33(16-14-32)23-11-10-20-24(36)25(39(37,38)29-17-19-7-5-6-12-28-19)27-31(2)21-8-3-4-9-22(21)34(27)26(20)30-23/h3-12,25,27,29H,13-17H2,1-2H3. The summed E-state index contributed by atoms with van der Waals surface area (Å²) in [6.07, 6.45) is 0.777. The molecule has 1 N–H and O–H groups in total. The van der Waals surface area contributed by atoms with Gasteiger partial charge in [0.05, 0.1) is 29.2 Å². The van der Waals surface area contributed by atoms with E-state index in [2.05, 4.69) is 14.6 Å². The fraction of sp³-hybridized carbons (Fsp3) is 0.333. The minimum Gasteiger partial charge on any atom is -0.353 e. The minimum absolute atomic E-state index is 0.0212. The first kappa shape index (κ1) is 25.3. The van der Waals surface area contributed by atoms with E-state index in [4.69, 9.17) is 4.98 Å². The van der Waals surface area contributed by atoms with Crippen LogP contribution in [0.2, 0.25) is 0 Å². The molecule has 0 saturated carbocycles. The lowest BCUT2D eigenvalue weighted by atomic mass is 10.0. The summed E-state index contributed by atoms with van der Waals surface area (Å²) < 4.78 is 30.1. The lowest BCUT2D eigenvalue weighted by Gasteiger charge is -2.40. The predicted octanol–water partition coefficient (Wildman–Crippen LogP) is 1.74. The number of para-hydroxylation sites is 2. The first-order chi connectivity index (χ1) is 18.8. The van der Waals surface area contributed by atoms with E-state index < -0.39 is 27.2 Å². The number of carbonyl (C=O) groups excluding carboxylic acids is 2. The maximum Gasteiger partial charge on any atom is 0.226 e. The zero-order valence-corrected chi connectivity index (χ0v) is 22.5. The molecular weight excluding hydrogens is 518 g/mol. The monoisotopic (exact) mass is 547 g/mol. The van der Waals surface area contributed by atoms with E-state index in [1.54, 1.807) is 55.4 Å². The fourth-order valence-corrected chi connectivity index (χ4v) is 7.16. The Labute approximate surface area is 227 Å². The topological polar surface area (TPSA) is 119 Å². The lowest BCUT2D eigenvalue weighted by molar-refractivity contribution is -0.129. The van der Waals surface area contributed by atoms with Crippen molar-refractivity contribution in [3.63, 3.8) is 0 Å². The van der Waals surface area contributed by atoms with E-state index in [1.807, 2.05) is 34.1 Å². The van der Waals surface area contributed by atoms with Crippen molar-refractivity contribution in [2.45, 2.75) is 24.9 Å². The quantitative estimate of drug-likeness (QED) is 0.510. The van der Waals surface area contributed by atoms with Crippen molar-refractivity contribution in [1.29, 1.82) is 0 Å². The molecule has 0 bridgehead atoms. The van der Waals surface area contributed by atoms with Gasteiger partial charge in [0.15, 0.2) is 11.0 Å². The summed E-state index contributed by atoms with van der Waals surface area (Å²) in [6.45, 7) is 3.96. The molecule has 1 amide bonds. The second kappa shape index (κ2) is 9.62. The molecule has 1 saturated heterocycles. The number of Topliss-reactive ketones (excluding diaryl/α,β-unsaturated/α-hetero) is 1. The van der Waals surface area contributed by atoms with Gasteiger partial charge in [0.2, 0.25) is 15.9 Å². The number of rotatable bonds is 5. The Morgan fingerprint density at radius 3 is 2.41 bits per heavy atom. The smallest absolute Gasteiger partial charge is 0.226 e. The number of carbonyl (C=O) groups is 2. The molecule has 2 atom stereocenters. The summed E-state index contributed by atoms with van der Waals surface area (Å²) in [6, 6.07) is 16.3. The molecule has 0 spiro atoms. The molecule has 0 radical (unpaired) electrons. The highest BCUT2D eigenvalue weighted by Gasteiger charge is 2.54. The number of ketones is 1. The van der Waals surface area contributed by atoms with Crippen molar-refractivity contribution < 1.29 is 18.0 Å². The summed E-state index contributed by atoms with van der Waals surface area (Å²) >= 11 is 0. The van der Waals surface area contributed by atoms with Crippen LogP contribution in [0.4, 0.5) is 23.0 Å². The van der Waals surface area contributed by atoms with Crippen molar-refractivity contribution in [3.05, 3.63) is 72.1 Å². The molecule has 3 aliphatic rings. The van der Waals surface area contributed by atoms with Gasteiger partial charge in [-0.25, -0.2) is 18.1 Å². The van der Waals surface area contributed by atoms with Crippen molar-refractivity contribution in [1.82, 2.24) is 19.6 Å². The van der Waals surface area contributed by atoms with Gasteiger partial charge in [0.1, 0.15) is 17.8 Å². The molecule has 3 aliphatic heterocycles. The molecule has 0 aliphatic carbocycles. The minimum atomic E-state index is -4.12. The molecule has 11 nitrogen and oxygen atoms in total. The SMILES string of the molecule is CC(=O)N1CCN(c2ccc3c(n2)N2c4ccccc4N(C)C2C(S(=O)(=O)NCc2ccccn2)C3=O)CC1. The van der Waals surface area contributed by atoms with Crippen molar-refractivity contribution in [2.24, 2.45) is 0 Å². The van der Waals surface area contributed by atoms with Crippen LogP contribution < -0.4 is 19.4 Å². The average Bonchev–Trinajstić information content (AvgIpc) is 3.24. The summed E-state index contributed by atoms with van der Waals surface area (Å²) in [5.41, 5.74) is 2.42. The van der Waals surface area contributed by atoms with Crippen LogP contribution in [0.3, 0.4) is 0 Å². The number of aromatic nitrogens is 2. The van der Waals surface area contributed by atoms with Crippen molar-refractivity contribution in [2.75, 3.05) is 47.9 Å². The summed E-state index contributed by atoms with van der Waals surface area (Å²) in [7, 11) is -2.32. The average molecular weight is 548 g/mol. The van der Waals surface area contributed by atoms with Crippen LogP contribution in [0.25, 0.3) is 0 Å². The van der Waals surface area contributed by atoms with E-state index in [9.17, 15) is 18.0 Å². The van der Waals surface area contributed by atoms with E-state index in [-0.39, 0.29) is 18.0 Å². The summed E-state index contributed by atoms with van der Waals surface area (Å²) in [5.74, 6) is 0.663. The fourth-order valence-electron chi connectivity index (χ4n) is 5.60. The maximum atomic E-state index is 13.9. The number of benzene rings is 1. The molecular formula is C27H29N7O4S. The molecule has 5 heterocycles. The van der Waals surface area contributed by atoms with Crippen LogP contribution in [-0.2, 0) is 21.4 Å². The predicted molar refractivity (Wildman–Crippen MR) is 148 cm³/mol. The van der Waals surface area contributed by atoms with Crippen LogP contribution in [-0.4, -0.2) is 79.6 Å². The highest BCUT2D eigenvalue weighted by Crippen LogP contribution is 2.49. The third-order valence-corrected chi connectivity index (χ3v) is 9.30. The van der Waals surface area contributed by atoms with Crippen LogP contribution >= 0.6 is 0 Å². The number of hydrogen-bond donors (Lipinski definition) is 1. The van der Waals surface area contributed by atoms with E-state index in [1.165, 1.54) is 0 Å².